The van der Waals surface area contributed by atoms with Crippen LogP contribution < -0.4 is 0 Å². The molecule has 10 heteroatoms. The molecule has 1 aliphatic rings. The predicted molar refractivity (Wildman–Crippen MR) is 191 cm³/mol. The Hall–Kier alpha value is -7.20. The van der Waals surface area contributed by atoms with E-state index in [1.807, 2.05) is 60.7 Å². The van der Waals surface area contributed by atoms with E-state index in [9.17, 15) is 9.59 Å². The minimum atomic E-state index is -0.258. The van der Waals surface area contributed by atoms with E-state index in [-0.39, 0.29) is 11.6 Å². The van der Waals surface area contributed by atoms with Gasteiger partial charge in [0.25, 0.3) is 0 Å². The number of nitrogens with zero attached hydrogens (tertiary/aromatic N) is 6. The van der Waals surface area contributed by atoms with Crippen molar-refractivity contribution in [3.8, 4) is 22.8 Å². The largest absolute Gasteiger partial charge is 0.337 e. The van der Waals surface area contributed by atoms with Gasteiger partial charge in [-0.25, -0.2) is 9.97 Å². The van der Waals surface area contributed by atoms with Crippen LogP contribution in [0.4, 0.5) is 0 Å². The molecule has 2 N–H and O–H groups in total. The molecule has 0 saturated carbocycles. The molecule has 0 amide bonds. The number of rotatable bonds is 2. The third-order valence-corrected chi connectivity index (χ3v) is 9.72. The molecule has 0 spiro atoms. The van der Waals surface area contributed by atoms with Crippen LogP contribution >= 0.6 is 0 Å². The first-order valence-electron chi connectivity index (χ1n) is 16.0. The van der Waals surface area contributed by atoms with Gasteiger partial charge in [0.1, 0.15) is 11.6 Å². The van der Waals surface area contributed by atoms with E-state index in [1.165, 1.54) is 0 Å². The molecule has 4 aromatic carbocycles. The second-order valence-electron chi connectivity index (χ2n) is 12.3. The number of aromatic nitrogens is 8. The van der Waals surface area contributed by atoms with Crippen molar-refractivity contribution >= 4 is 77.2 Å². The van der Waals surface area contributed by atoms with Crippen LogP contribution in [0.25, 0.3) is 88.5 Å². The van der Waals surface area contributed by atoms with Crippen LogP contribution in [0.15, 0.2) is 110 Å². The minimum Gasteiger partial charge on any atom is -0.337 e. The number of carbonyl (C=O) groups is 2. The maximum Gasteiger partial charge on any atom is 0.195 e. The van der Waals surface area contributed by atoms with E-state index < -0.39 is 0 Å². The normalized spacial score (nSPS) is 12.9. The van der Waals surface area contributed by atoms with Crippen molar-refractivity contribution < 1.29 is 9.59 Å². The molecule has 0 aliphatic heterocycles. The van der Waals surface area contributed by atoms with Crippen LogP contribution in [0.2, 0.25) is 0 Å². The van der Waals surface area contributed by atoms with Crippen molar-refractivity contribution in [3.63, 3.8) is 0 Å². The lowest BCUT2D eigenvalue weighted by Crippen LogP contribution is -2.23. The summed E-state index contributed by atoms with van der Waals surface area (Å²) in [5.41, 5.74) is 8.34. The van der Waals surface area contributed by atoms with Gasteiger partial charge in [-0.05, 0) is 48.5 Å². The molecule has 0 radical (unpaired) electrons. The van der Waals surface area contributed by atoms with Crippen molar-refractivity contribution in [2.24, 2.45) is 0 Å². The first kappa shape index (κ1) is 26.8. The van der Waals surface area contributed by atoms with Gasteiger partial charge in [0.2, 0.25) is 0 Å². The molecule has 1 aliphatic carbocycles. The first-order valence-corrected chi connectivity index (χ1v) is 16.0. The number of benzene rings is 4. The maximum absolute atomic E-state index is 14.5. The summed E-state index contributed by atoms with van der Waals surface area (Å²) >= 11 is 0. The Morgan fingerprint density at radius 2 is 0.740 bits per heavy atom. The van der Waals surface area contributed by atoms with Gasteiger partial charge in [-0.15, -0.1) is 0 Å². The fourth-order valence-electron chi connectivity index (χ4n) is 7.58. The Balaban J connectivity index is 1.11. The summed E-state index contributed by atoms with van der Waals surface area (Å²) in [4.78, 5) is 64.5. The van der Waals surface area contributed by atoms with E-state index in [2.05, 4.69) is 29.9 Å². The number of carbonyl (C=O) groups excluding carboxylic acids is 2. The van der Waals surface area contributed by atoms with Gasteiger partial charge in [-0.1, -0.05) is 36.4 Å². The van der Waals surface area contributed by atoms with Gasteiger partial charge in [-0.2, -0.15) is 0 Å². The SMILES string of the molecule is O=C1c2cccc(-c3nc4c5cccnc5c5ncccc5c4[nH]3)c2C(=O)c2cccc(-c3nc4c5cccnc5c5ncccc5c4[nH]3)c21. The number of pyridine rings is 4. The van der Waals surface area contributed by atoms with Gasteiger partial charge in [0.05, 0.1) is 44.1 Å². The van der Waals surface area contributed by atoms with E-state index in [0.29, 0.717) is 56.1 Å². The Kier molecular flexibility index (Phi) is 5.19. The lowest BCUT2D eigenvalue weighted by atomic mass is 9.79. The number of nitrogens with one attached hydrogen (secondary N) is 2. The third-order valence-electron chi connectivity index (χ3n) is 9.72. The van der Waals surface area contributed by atoms with Gasteiger partial charge in [0, 0.05) is 79.7 Å². The van der Waals surface area contributed by atoms with E-state index in [0.717, 1.165) is 54.6 Å². The molecule has 50 heavy (non-hydrogen) atoms. The molecule has 11 rings (SSSR count). The van der Waals surface area contributed by atoms with Gasteiger partial charge >= 0.3 is 0 Å². The number of hydrogen-bond donors (Lipinski definition) is 2. The summed E-state index contributed by atoms with van der Waals surface area (Å²) in [6.07, 6.45) is 6.97. The van der Waals surface area contributed by atoms with Crippen LogP contribution in [-0.2, 0) is 0 Å². The molecule has 6 heterocycles. The van der Waals surface area contributed by atoms with Crippen LogP contribution in [0.3, 0.4) is 0 Å². The minimum absolute atomic E-state index is 0.258. The number of hydrogen-bond acceptors (Lipinski definition) is 8. The van der Waals surface area contributed by atoms with Gasteiger partial charge in [0.15, 0.2) is 11.6 Å². The highest BCUT2D eigenvalue weighted by Gasteiger charge is 2.35. The summed E-state index contributed by atoms with van der Waals surface area (Å²) in [5.74, 6) is 0.451. The number of H-pyrrole nitrogens is 2. The summed E-state index contributed by atoms with van der Waals surface area (Å²) in [6.45, 7) is 0. The molecule has 0 saturated heterocycles. The highest BCUT2D eigenvalue weighted by atomic mass is 16.1. The molecule has 0 unspecified atom stereocenters. The monoisotopic (exact) mass is 644 g/mol. The van der Waals surface area contributed by atoms with E-state index in [1.54, 1.807) is 49.1 Å². The topological polar surface area (TPSA) is 143 Å². The number of fused-ring (bicyclic) bond motifs is 14. The number of imidazole rings is 2. The summed E-state index contributed by atoms with van der Waals surface area (Å²) in [5, 5.41) is 3.42. The Labute approximate surface area is 280 Å². The third kappa shape index (κ3) is 3.45. The quantitative estimate of drug-likeness (QED) is 0.182. The molecule has 10 nitrogen and oxygen atoms in total. The highest BCUT2D eigenvalue weighted by Crippen LogP contribution is 2.40. The molecule has 232 valence electrons. The predicted octanol–water partition coefficient (Wildman–Crippen LogP) is 7.74. The van der Waals surface area contributed by atoms with Crippen LogP contribution in [0.1, 0.15) is 31.8 Å². The average molecular weight is 645 g/mol. The van der Waals surface area contributed by atoms with Crippen LogP contribution in [0, 0.1) is 0 Å². The molecule has 6 aromatic heterocycles. The lowest BCUT2D eigenvalue weighted by molar-refractivity contribution is 0.0980. The summed E-state index contributed by atoms with van der Waals surface area (Å²) in [6, 6.07) is 26.0. The van der Waals surface area contributed by atoms with Gasteiger partial charge < -0.3 is 9.97 Å². The molecule has 0 atom stereocenters. The first-order chi connectivity index (χ1) is 24.7. The van der Waals surface area contributed by atoms with Crippen LogP contribution in [-0.4, -0.2) is 51.4 Å². The van der Waals surface area contributed by atoms with Crippen molar-refractivity contribution in [2.75, 3.05) is 0 Å². The Bertz CT molecular complexity index is 2800. The molecule has 0 fully saturated rings. The zero-order valence-electron chi connectivity index (χ0n) is 25.9. The molecule has 10 aromatic rings. The van der Waals surface area contributed by atoms with Crippen molar-refractivity contribution in [1.82, 2.24) is 39.9 Å². The molecule has 0 bridgehead atoms. The Morgan fingerprint density at radius 1 is 0.380 bits per heavy atom. The van der Waals surface area contributed by atoms with Crippen molar-refractivity contribution in [1.29, 1.82) is 0 Å². The lowest BCUT2D eigenvalue weighted by Gasteiger charge is -2.21. The smallest absolute Gasteiger partial charge is 0.195 e. The summed E-state index contributed by atoms with van der Waals surface area (Å²) < 4.78 is 0. The second kappa shape index (κ2) is 9.68. The fourth-order valence-corrected chi connectivity index (χ4v) is 7.58. The van der Waals surface area contributed by atoms with E-state index in [4.69, 9.17) is 9.97 Å². The highest BCUT2D eigenvalue weighted by molar-refractivity contribution is 6.32. The standard InChI is InChI=1S/C40H20N8O2/c49-37-19-7-1-9-21(39-45-33-23-11-3-15-41-29(23)30-24(34(33)46-39)12-4-16-42-30)27(19)38(50)20-8-2-10-22(28(20)37)40-47-35-25-13-5-17-43-31(25)32-26(36(35)48-40)14-6-18-44-32/h1-18H,(H,45,46)(H,47,48). The fraction of sp³-hybridized carbons (Fsp3) is 0. The number of ketones is 2. The van der Waals surface area contributed by atoms with Crippen molar-refractivity contribution in [3.05, 3.63) is 132 Å². The van der Waals surface area contributed by atoms with Crippen LogP contribution in [0.5, 0.6) is 0 Å². The maximum atomic E-state index is 14.5. The Morgan fingerprint density at radius 3 is 1.16 bits per heavy atom. The zero-order chi connectivity index (χ0) is 33.1. The van der Waals surface area contributed by atoms with E-state index >= 15 is 0 Å². The zero-order valence-corrected chi connectivity index (χ0v) is 25.9. The number of aromatic amines is 2. The second-order valence-corrected chi connectivity index (χ2v) is 12.3. The average Bonchev–Trinajstić information content (AvgIpc) is 3.83. The van der Waals surface area contributed by atoms with Gasteiger partial charge in [-0.3, -0.25) is 29.5 Å². The van der Waals surface area contributed by atoms with Crippen molar-refractivity contribution in [2.45, 2.75) is 0 Å². The summed E-state index contributed by atoms with van der Waals surface area (Å²) in [7, 11) is 0. The molecular weight excluding hydrogens is 624 g/mol. The molecular formula is C40H20N8O2.